The zero-order valence-electron chi connectivity index (χ0n) is 15.9. The fraction of sp³-hybridized carbons (Fsp3) is 0.304. The highest BCUT2D eigenvalue weighted by Gasteiger charge is 2.36. The van der Waals surface area contributed by atoms with Crippen molar-refractivity contribution in [2.75, 3.05) is 13.1 Å². The quantitative estimate of drug-likeness (QED) is 0.589. The molecule has 2 atom stereocenters. The molecule has 4 heteroatoms. The predicted octanol–water partition coefficient (Wildman–Crippen LogP) is 6.27. The van der Waals surface area contributed by atoms with Crippen LogP contribution in [0.1, 0.15) is 31.4 Å². The molecule has 0 aromatic heterocycles. The summed E-state index contributed by atoms with van der Waals surface area (Å²) >= 11 is 0. The van der Waals surface area contributed by atoms with Gasteiger partial charge >= 0.3 is 0 Å². The van der Waals surface area contributed by atoms with E-state index in [0.29, 0.717) is 23.4 Å². The highest BCUT2D eigenvalue weighted by atomic mass is 31.2. The van der Waals surface area contributed by atoms with Gasteiger partial charge in [-0.2, -0.15) is 0 Å². The molecule has 0 bridgehead atoms. The molecule has 2 heterocycles. The maximum absolute atomic E-state index is 14.1. The van der Waals surface area contributed by atoms with E-state index < -0.39 is 7.29 Å². The van der Waals surface area contributed by atoms with Gasteiger partial charge in [-0.1, -0.05) is 74.5 Å². The van der Waals surface area contributed by atoms with Crippen molar-refractivity contribution < 1.29 is 9.30 Å². The van der Waals surface area contributed by atoms with Crippen molar-refractivity contribution in [3.63, 3.8) is 0 Å². The molecule has 0 amide bonds. The highest BCUT2D eigenvalue weighted by molar-refractivity contribution is 7.68. The van der Waals surface area contributed by atoms with Crippen molar-refractivity contribution in [3.05, 3.63) is 83.4 Å². The van der Waals surface area contributed by atoms with Crippen LogP contribution in [0.2, 0.25) is 0 Å². The van der Waals surface area contributed by atoms with Crippen molar-refractivity contribution in [1.29, 1.82) is 0 Å². The maximum Gasteiger partial charge on any atom is 0.200 e. The Morgan fingerprint density at radius 1 is 0.815 bits per heavy atom. The summed E-state index contributed by atoms with van der Waals surface area (Å²) in [5.74, 6) is 6.19. The van der Waals surface area contributed by atoms with E-state index in [1.807, 2.05) is 72.3 Å². The minimum Gasteiger partial charge on any atom is -0.456 e. The van der Waals surface area contributed by atoms with Gasteiger partial charge in [0.15, 0.2) is 0 Å². The zero-order valence-corrected chi connectivity index (χ0v) is 16.8. The number of nitrogens with zero attached hydrogens (tertiary/aromatic N) is 1. The lowest BCUT2D eigenvalue weighted by Gasteiger charge is -2.39. The third-order valence-corrected chi connectivity index (χ3v) is 7.65. The average molecular weight is 379 g/mol. The molecule has 0 aliphatic carbocycles. The molecular formula is C23H26NO2P. The molecule has 0 saturated carbocycles. The molecule has 0 radical (unpaired) electrons. The second-order valence-electron chi connectivity index (χ2n) is 7.81. The summed E-state index contributed by atoms with van der Waals surface area (Å²) < 4.78 is 22.5. The lowest BCUT2D eigenvalue weighted by atomic mass is 9.94. The van der Waals surface area contributed by atoms with Crippen LogP contribution < -0.4 is 0 Å². The summed E-state index contributed by atoms with van der Waals surface area (Å²) in [6, 6.07) is 19.9. The second-order valence-corrected chi connectivity index (χ2v) is 10.2. The summed E-state index contributed by atoms with van der Waals surface area (Å²) in [5.41, 5.74) is 1.91. The largest absolute Gasteiger partial charge is 0.456 e. The van der Waals surface area contributed by atoms with Crippen LogP contribution in [0.15, 0.2) is 72.3 Å². The van der Waals surface area contributed by atoms with Gasteiger partial charge in [-0.25, -0.2) is 4.67 Å². The molecule has 0 N–H and O–H groups in total. The van der Waals surface area contributed by atoms with E-state index in [1.54, 1.807) is 0 Å². The summed E-state index contributed by atoms with van der Waals surface area (Å²) in [6.07, 6.45) is 1.19. The molecule has 27 heavy (non-hydrogen) atoms. The van der Waals surface area contributed by atoms with Gasteiger partial charge in [0.05, 0.1) is 0 Å². The van der Waals surface area contributed by atoms with E-state index in [-0.39, 0.29) is 0 Å². The molecule has 4 rings (SSSR count). The van der Waals surface area contributed by atoms with Crippen LogP contribution >= 0.6 is 7.29 Å². The number of piperidine rings is 1. The first-order chi connectivity index (χ1) is 13.0. The van der Waals surface area contributed by atoms with E-state index in [2.05, 4.69) is 18.5 Å². The van der Waals surface area contributed by atoms with E-state index in [9.17, 15) is 4.57 Å². The topological polar surface area (TPSA) is 29.5 Å². The van der Waals surface area contributed by atoms with Gasteiger partial charge in [0, 0.05) is 35.9 Å². The first kappa shape index (κ1) is 18.3. The molecule has 140 valence electrons. The smallest absolute Gasteiger partial charge is 0.200 e. The van der Waals surface area contributed by atoms with Crippen molar-refractivity contribution in [1.82, 2.24) is 4.67 Å². The Bertz CT molecular complexity index is 835. The fourth-order valence-corrected chi connectivity index (χ4v) is 6.61. The summed E-state index contributed by atoms with van der Waals surface area (Å²) in [5, 5.41) is 0. The summed E-state index contributed by atoms with van der Waals surface area (Å²) in [4.78, 5) is 0. The van der Waals surface area contributed by atoms with Crippen LogP contribution in [0.4, 0.5) is 0 Å². The van der Waals surface area contributed by atoms with Crippen LogP contribution in [0.25, 0.3) is 11.5 Å². The van der Waals surface area contributed by atoms with E-state index in [1.165, 1.54) is 6.42 Å². The molecule has 2 aromatic carbocycles. The molecule has 2 aliphatic rings. The molecule has 1 saturated heterocycles. The third-order valence-electron chi connectivity index (χ3n) is 5.23. The van der Waals surface area contributed by atoms with Gasteiger partial charge in [-0.3, -0.25) is 4.57 Å². The van der Waals surface area contributed by atoms with Crippen molar-refractivity contribution in [2.45, 2.75) is 20.3 Å². The standard InChI is InChI=1S/C23H26NO2P/c1-18-13-19(2)15-24(14-18)27(25)16-22(20-9-5-3-6-10-20)26-23(17-27)21-11-7-4-8-12-21/h3-12,16-19H,13-15H2,1-2H3. The van der Waals surface area contributed by atoms with Gasteiger partial charge in [-0.05, 0) is 18.3 Å². The van der Waals surface area contributed by atoms with Crippen LogP contribution in [0, 0.1) is 11.8 Å². The lowest BCUT2D eigenvalue weighted by molar-refractivity contribution is 0.223. The van der Waals surface area contributed by atoms with Gasteiger partial charge in [-0.15, -0.1) is 0 Å². The van der Waals surface area contributed by atoms with Gasteiger partial charge < -0.3 is 4.74 Å². The molecule has 1 fully saturated rings. The molecule has 0 spiro atoms. The normalized spacial score (nSPS) is 25.3. The summed E-state index contributed by atoms with van der Waals surface area (Å²) in [6.45, 7) is 6.22. The Hall–Kier alpha value is -2.09. The molecular weight excluding hydrogens is 353 g/mol. The minimum absolute atomic E-state index is 0.546. The molecule has 2 aliphatic heterocycles. The van der Waals surface area contributed by atoms with Crippen molar-refractivity contribution >= 4 is 18.8 Å². The van der Waals surface area contributed by atoms with Crippen molar-refractivity contribution in [3.8, 4) is 0 Å². The number of hydrogen-bond acceptors (Lipinski definition) is 2. The number of rotatable bonds is 3. The third kappa shape index (κ3) is 3.95. The van der Waals surface area contributed by atoms with Crippen LogP contribution in [-0.2, 0) is 9.30 Å². The lowest BCUT2D eigenvalue weighted by Crippen LogP contribution is -2.36. The average Bonchev–Trinajstić information content (AvgIpc) is 2.68. The predicted molar refractivity (Wildman–Crippen MR) is 112 cm³/mol. The maximum atomic E-state index is 14.1. The molecule has 2 aromatic rings. The van der Waals surface area contributed by atoms with Gasteiger partial charge in [0.25, 0.3) is 0 Å². The van der Waals surface area contributed by atoms with Crippen LogP contribution in [-0.4, -0.2) is 17.8 Å². The number of ether oxygens (including phenoxy) is 1. The highest BCUT2D eigenvalue weighted by Crippen LogP contribution is 2.60. The Labute approximate surface area is 161 Å². The molecule has 3 nitrogen and oxygen atoms in total. The van der Waals surface area contributed by atoms with E-state index >= 15 is 0 Å². The van der Waals surface area contributed by atoms with Crippen molar-refractivity contribution in [2.24, 2.45) is 11.8 Å². The second kappa shape index (κ2) is 7.50. The Kier molecular flexibility index (Phi) is 5.08. The van der Waals surface area contributed by atoms with E-state index in [4.69, 9.17) is 4.74 Å². The number of benzene rings is 2. The Morgan fingerprint density at radius 2 is 1.26 bits per heavy atom. The van der Waals surface area contributed by atoms with Crippen LogP contribution in [0.3, 0.4) is 0 Å². The van der Waals surface area contributed by atoms with E-state index in [0.717, 1.165) is 24.2 Å². The molecule has 2 unspecified atom stereocenters. The number of hydrogen-bond donors (Lipinski definition) is 0. The SMILES string of the molecule is CC1CC(C)CN(P2(=O)C=C(c3ccccc3)OC(c3ccccc3)=C2)C1. The Balaban J connectivity index is 1.78. The first-order valence-electron chi connectivity index (χ1n) is 9.63. The fourth-order valence-electron chi connectivity index (χ4n) is 4.06. The first-order valence-corrected chi connectivity index (χ1v) is 11.4. The Morgan fingerprint density at radius 3 is 1.70 bits per heavy atom. The van der Waals surface area contributed by atoms with Gasteiger partial charge in [0.2, 0.25) is 7.29 Å². The minimum atomic E-state index is -2.82. The van der Waals surface area contributed by atoms with Crippen LogP contribution in [0.5, 0.6) is 0 Å². The van der Waals surface area contributed by atoms with Gasteiger partial charge in [0.1, 0.15) is 11.5 Å². The monoisotopic (exact) mass is 379 g/mol. The zero-order chi connectivity index (χ0) is 18.9. The summed E-state index contributed by atoms with van der Waals surface area (Å²) in [7, 11) is -2.82.